The number of anilines is 1. The fourth-order valence-corrected chi connectivity index (χ4v) is 2.79. The molecule has 2 aromatic heterocycles. The van der Waals surface area contributed by atoms with Gasteiger partial charge in [-0.15, -0.1) is 0 Å². The van der Waals surface area contributed by atoms with E-state index in [1.807, 2.05) is 17.5 Å². The number of rotatable bonds is 5. The summed E-state index contributed by atoms with van der Waals surface area (Å²) in [5.41, 5.74) is 2.39. The van der Waals surface area contributed by atoms with Crippen LogP contribution in [0.1, 0.15) is 26.3 Å². The van der Waals surface area contributed by atoms with Crippen molar-refractivity contribution < 1.29 is 9.59 Å². The molecule has 0 aliphatic carbocycles. The molecule has 0 fully saturated rings. The molecule has 3 aromatic rings. The van der Waals surface area contributed by atoms with Crippen molar-refractivity contribution in [1.82, 2.24) is 10.3 Å². The molecule has 0 saturated heterocycles. The van der Waals surface area contributed by atoms with Crippen molar-refractivity contribution in [2.75, 3.05) is 5.32 Å². The molecular weight excluding hydrogens is 322 g/mol. The standard InChI is InChI=1S/C18H15N3O2S/c22-17(14-7-9-24-12-14)21-16-6-2-1-5-15(16)18(23)20-11-13-4-3-8-19-10-13/h1-10,12H,11H2,(H,20,23)(H,21,22). The van der Waals surface area contributed by atoms with Gasteiger partial charge < -0.3 is 10.6 Å². The fraction of sp³-hybridized carbons (Fsp3) is 0.0556. The zero-order valence-corrected chi connectivity index (χ0v) is 13.5. The Kier molecular flexibility index (Phi) is 4.98. The second-order valence-electron chi connectivity index (χ2n) is 5.06. The lowest BCUT2D eigenvalue weighted by Gasteiger charge is -2.11. The van der Waals surface area contributed by atoms with Crippen LogP contribution in [0.4, 0.5) is 5.69 Å². The summed E-state index contributed by atoms with van der Waals surface area (Å²) < 4.78 is 0. The Morgan fingerprint density at radius 3 is 2.67 bits per heavy atom. The summed E-state index contributed by atoms with van der Waals surface area (Å²) in [4.78, 5) is 28.6. The van der Waals surface area contributed by atoms with Gasteiger partial charge in [-0.2, -0.15) is 11.3 Å². The van der Waals surface area contributed by atoms with Crippen molar-refractivity contribution in [2.24, 2.45) is 0 Å². The first-order valence-electron chi connectivity index (χ1n) is 7.34. The highest BCUT2D eigenvalue weighted by atomic mass is 32.1. The van der Waals surface area contributed by atoms with Gasteiger partial charge in [-0.3, -0.25) is 14.6 Å². The van der Waals surface area contributed by atoms with Gasteiger partial charge in [0.25, 0.3) is 11.8 Å². The second kappa shape index (κ2) is 7.52. The van der Waals surface area contributed by atoms with Crippen LogP contribution in [0, 0.1) is 0 Å². The monoisotopic (exact) mass is 337 g/mol. The first-order chi connectivity index (χ1) is 11.7. The average Bonchev–Trinajstić information content (AvgIpc) is 3.16. The molecule has 0 spiro atoms. The minimum atomic E-state index is -0.250. The van der Waals surface area contributed by atoms with Gasteiger partial charge in [0.1, 0.15) is 0 Å². The lowest BCUT2D eigenvalue weighted by molar-refractivity contribution is 0.0952. The molecule has 0 aliphatic heterocycles. The van der Waals surface area contributed by atoms with Crippen LogP contribution >= 0.6 is 11.3 Å². The van der Waals surface area contributed by atoms with Crippen LogP contribution in [-0.4, -0.2) is 16.8 Å². The number of nitrogens with one attached hydrogen (secondary N) is 2. The normalized spacial score (nSPS) is 10.2. The minimum Gasteiger partial charge on any atom is -0.348 e. The van der Waals surface area contributed by atoms with E-state index in [1.165, 1.54) is 11.3 Å². The number of thiophene rings is 1. The largest absolute Gasteiger partial charge is 0.348 e. The van der Waals surface area contributed by atoms with Crippen molar-refractivity contribution in [3.05, 3.63) is 82.3 Å². The maximum atomic E-state index is 12.4. The second-order valence-corrected chi connectivity index (χ2v) is 5.84. The number of amides is 2. The van der Waals surface area contributed by atoms with Crippen LogP contribution in [0.25, 0.3) is 0 Å². The molecule has 120 valence electrons. The fourth-order valence-electron chi connectivity index (χ4n) is 2.16. The van der Waals surface area contributed by atoms with Gasteiger partial charge in [-0.25, -0.2) is 0 Å². The number of nitrogens with zero attached hydrogens (tertiary/aromatic N) is 1. The maximum Gasteiger partial charge on any atom is 0.256 e. The number of hydrogen-bond acceptors (Lipinski definition) is 4. The molecule has 0 saturated carbocycles. The summed E-state index contributed by atoms with van der Waals surface area (Å²) in [7, 11) is 0. The van der Waals surface area contributed by atoms with Gasteiger partial charge in [0.2, 0.25) is 0 Å². The quantitative estimate of drug-likeness (QED) is 0.750. The number of carbonyl (C=O) groups is 2. The predicted molar refractivity (Wildman–Crippen MR) is 94.1 cm³/mol. The van der Waals surface area contributed by atoms with Crippen molar-refractivity contribution in [1.29, 1.82) is 0 Å². The molecule has 5 nitrogen and oxygen atoms in total. The number of benzene rings is 1. The van der Waals surface area contributed by atoms with Crippen molar-refractivity contribution in [3.63, 3.8) is 0 Å². The summed E-state index contributed by atoms with van der Waals surface area (Å²) in [5, 5.41) is 9.22. The van der Waals surface area contributed by atoms with E-state index >= 15 is 0 Å². The molecule has 0 radical (unpaired) electrons. The van der Waals surface area contributed by atoms with E-state index in [0.29, 0.717) is 23.4 Å². The van der Waals surface area contributed by atoms with Gasteiger partial charge in [-0.1, -0.05) is 18.2 Å². The smallest absolute Gasteiger partial charge is 0.256 e. The predicted octanol–water partition coefficient (Wildman–Crippen LogP) is 3.33. The Labute approximate surface area is 143 Å². The van der Waals surface area contributed by atoms with Gasteiger partial charge >= 0.3 is 0 Å². The Morgan fingerprint density at radius 1 is 1.04 bits per heavy atom. The summed E-state index contributed by atoms with van der Waals surface area (Å²) in [6.45, 7) is 0.374. The van der Waals surface area contributed by atoms with Crippen LogP contribution in [0.2, 0.25) is 0 Å². The van der Waals surface area contributed by atoms with E-state index < -0.39 is 0 Å². The highest BCUT2D eigenvalue weighted by Gasteiger charge is 2.14. The van der Waals surface area contributed by atoms with Crippen molar-refractivity contribution in [3.8, 4) is 0 Å². The molecule has 0 atom stereocenters. The van der Waals surface area contributed by atoms with Crippen LogP contribution in [0.3, 0.4) is 0 Å². The summed E-state index contributed by atoms with van der Waals surface area (Å²) >= 11 is 1.45. The number of pyridine rings is 1. The van der Waals surface area contributed by atoms with E-state index in [-0.39, 0.29) is 11.8 Å². The van der Waals surface area contributed by atoms with E-state index in [2.05, 4.69) is 15.6 Å². The molecule has 0 bridgehead atoms. The number of aromatic nitrogens is 1. The molecule has 6 heteroatoms. The summed E-state index contributed by atoms with van der Waals surface area (Å²) in [5.74, 6) is -0.483. The number of para-hydroxylation sites is 1. The Hall–Kier alpha value is -2.99. The topological polar surface area (TPSA) is 71.1 Å². The molecule has 2 heterocycles. The molecule has 1 aromatic carbocycles. The van der Waals surface area contributed by atoms with Crippen LogP contribution in [-0.2, 0) is 6.54 Å². The van der Waals surface area contributed by atoms with Gasteiger partial charge in [0, 0.05) is 24.3 Å². The highest BCUT2D eigenvalue weighted by Crippen LogP contribution is 2.17. The van der Waals surface area contributed by atoms with Gasteiger partial charge in [0.15, 0.2) is 0 Å². The molecule has 3 rings (SSSR count). The minimum absolute atomic E-state index is 0.233. The Bertz CT molecular complexity index is 832. The average molecular weight is 337 g/mol. The lowest BCUT2D eigenvalue weighted by atomic mass is 10.1. The van der Waals surface area contributed by atoms with Gasteiger partial charge in [-0.05, 0) is 35.2 Å². The maximum absolute atomic E-state index is 12.4. The number of carbonyl (C=O) groups excluding carboxylic acids is 2. The lowest BCUT2D eigenvalue weighted by Crippen LogP contribution is -2.24. The molecule has 2 amide bonds. The number of hydrogen-bond donors (Lipinski definition) is 2. The molecule has 24 heavy (non-hydrogen) atoms. The third-order valence-corrected chi connectivity index (χ3v) is 4.06. The van der Waals surface area contributed by atoms with E-state index in [4.69, 9.17) is 0 Å². The van der Waals surface area contributed by atoms with E-state index in [0.717, 1.165) is 5.56 Å². The Balaban J connectivity index is 1.71. The highest BCUT2D eigenvalue weighted by molar-refractivity contribution is 7.08. The van der Waals surface area contributed by atoms with E-state index in [9.17, 15) is 9.59 Å². The Morgan fingerprint density at radius 2 is 1.92 bits per heavy atom. The first kappa shape index (κ1) is 15.9. The van der Waals surface area contributed by atoms with Crippen LogP contribution in [0.5, 0.6) is 0 Å². The summed E-state index contributed by atoms with van der Waals surface area (Å²) in [6, 6.07) is 12.4. The van der Waals surface area contributed by atoms with Crippen LogP contribution in [0.15, 0.2) is 65.6 Å². The molecular formula is C18H15N3O2S. The SMILES string of the molecule is O=C(Nc1ccccc1C(=O)NCc1cccnc1)c1ccsc1. The molecule has 2 N–H and O–H groups in total. The van der Waals surface area contributed by atoms with E-state index in [1.54, 1.807) is 48.1 Å². The van der Waals surface area contributed by atoms with Crippen molar-refractivity contribution in [2.45, 2.75) is 6.54 Å². The summed E-state index contributed by atoms with van der Waals surface area (Å²) in [6.07, 6.45) is 3.38. The first-order valence-corrected chi connectivity index (χ1v) is 8.28. The van der Waals surface area contributed by atoms with Gasteiger partial charge in [0.05, 0.1) is 16.8 Å². The molecule has 0 unspecified atom stereocenters. The van der Waals surface area contributed by atoms with Crippen molar-refractivity contribution >= 4 is 28.8 Å². The third-order valence-electron chi connectivity index (χ3n) is 3.38. The zero-order valence-electron chi connectivity index (χ0n) is 12.7. The third kappa shape index (κ3) is 3.85. The van der Waals surface area contributed by atoms with Crippen LogP contribution < -0.4 is 10.6 Å². The molecule has 0 aliphatic rings. The zero-order chi connectivity index (χ0) is 16.8.